The largest absolute Gasteiger partial charge is 0.481 e. The molecule has 4 heteroatoms. The fraction of sp³-hybridized carbons (Fsp3) is 0.923. The van der Waals surface area contributed by atoms with Gasteiger partial charge in [-0.15, -0.1) is 0 Å². The maximum Gasteiger partial charge on any atom is 0.308 e. The Morgan fingerprint density at radius 1 is 1.29 bits per heavy atom. The Morgan fingerprint density at radius 2 is 2.00 bits per heavy atom. The minimum Gasteiger partial charge on any atom is -0.481 e. The molecule has 1 heterocycles. The monoisotopic (exact) mass is 240 g/mol. The third-order valence-corrected chi connectivity index (χ3v) is 4.61. The van der Waals surface area contributed by atoms with E-state index in [1.807, 2.05) is 0 Å². The number of carboxylic acid groups (broad SMARTS) is 1. The van der Waals surface area contributed by atoms with E-state index in [4.69, 9.17) is 0 Å². The van der Waals surface area contributed by atoms with Crippen LogP contribution in [0.2, 0.25) is 0 Å². The summed E-state index contributed by atoms with van der Waals surface area (Å²) in [5.41, 5.74) is 0.157. The van der Waals surface area contributed by atoms with Gasteiger partial charge in [0, 0.05) is 31.2 Å². The molecule has 98 valence electrons. The third kappa shape index (κ3) is 2.47. The highest BCUT2D eigenvalue weighted by Crippen LogP contribution is 2.33. The highest BCUT2D eigenvalue weighted by atomic mass is 16.4. The second-order valence-corrected chi connectivity index (χ2v) is 6.15. The molecule has 17 heavy (non-hydrogen) atoms. The Hall–Kier alpha value is -0.610. The SMILES string of the molecule is CN1CCN(C2CCCC2C(=O)O)CC1(C)C. The average Bonchev–Trinajstić information content (AvgIpc) is 2.70. The van der Waals surface area contributed by atoms with Gasteiger partial charge in [0.1, 0.15) is 0 Å². The number of piperazine rings is 1. The predicted octanol–water partition coefficient (Wildman–Crippen LogP) is 1.27. The molecule has 0 amide bonds. The average molecular weight is 240 g/mol. The maximum atomic E-state index is 11.2. The van der Waals surface area contributed by atoms with Crippen LogP contribution in [0.4, 0.5) is 0 Å². The molecular weight excluding hydrogens is 216 g/mol. The van der Waals surface area contributed by atoms with E-state index in [1.54, 1.807) is 0 Å². The fourth-order valence-electron chi connectivity index (χ4n) is 3.23. The van der Waals surface area contributed by atoms with E-state index in [2.05, 4.69) is 30.7 Å². The molecule has 2 atom stereocenters. The van der Waals surface area contributed by atoms with Crippen LogP contribution in [0.5, 0.6) is 0 Å². The van der Waals surface area contributed by atoms with Crippen molar-refractivity contribution >= 4 is 5.97 Å². The standard InChI is InChI=1S/C13H24N2O2/c1-13(2)9-15(8-7-14(13)3)11-6-4-5-10(11)12(16)17/h10-11H,4-9H2,1-3H3,(H,16,17). The maximum absolute atomic E-state index is 11.2. The van der Waals surface area contributed by atoms with Gasteiger partial charge < -0.3 is 5.11 Å². The number of nitrogens with zero attached hydrogens (tertiary/aromatic N) is 2. The summed E-state index contributed by atoms with van der Waals surface area (Å²) in [5, 5.41) is 9.26. The van der Waals surface area contributed by atoms with Crippen molar-refractivity contribution in [1.29, 1.82) is 0 Å². The van der Waals surface area contributed by atoms with Crippen LogP contribution in [0.15, 0.2) is 0 Å². The van der Waals surface area contributed by atoms with E-state index in [0.717, 1.165) is 38.9 Å². The summed E-state index contributed by atoms with van der Waals surface area (Å²) < 4.78 is 0. The Labute approximate surface area is 104 Å². The first kappa shape index (κ1) is 12.8. The lowest BCUT2D eigenvalue weighted by Crippen LogP contribution is -2.60. The molecule has 2 aliphatic rings. The van der Waals surface area contributed by atoms with Crippen LogP contribution in [0.25, 0.3) is 0 Å². The molecule has 0 bridgehead atoms. The molecule has 2 unspecified atom stereocenters. The molecule has 0 aromatic heterocycles. The Kier molecular flexibility index (Phi) is 3.46. The molecule has 0 aromatic carbocycles. The minimum atomic E-state index is -0.607. The number of aliphatic carboxylic acids is 1. The first-order valence-electron chi connectivity index (χ1n) is 6.60. The van der Waals surface area contributed by atoms with Crippen LogP contribution in [0.3, 0.4) is 0 Å². The first-order chi connectivity index (χ1) is 7.92. The van der Waals surface area contributed by atoms with Crippen molar-refractivity contribution in [3.8, 4) is 0 Å². The number of hydrogen-bond acceptors (Lipinski definition) is 3. The molecule has 1 aliphatic heterocycles. The van der Waals surface area contributed by atoms with E-state index >= 15 is 0 Å². The quantitative estimate of drug-likeness (QED) is 0.789. The van der Waals surface area contributed by atoms with Gasteiger partial charge >= 0.3 is 5.97 Å². The van der Waals surface area contributed by atoms with E-state index in [-0.39, 0.29) is 17.5 Å². The lowest BCUT2D eigenvalue weighted by Gasteiger charge is -2.48. The molecular formula is C13H24N2O2. The van der Waals surface area contributed by atoms with Crippen molar-refractivity contribution in [3.05, 3.63) is 0 Å². The fourth-order valence-corrected chi connectivity index (χ4v) is 3.23. The van der Waals surface area contributed by atoms with Gasteiger partial charge in [-0.2, -0.15) is 0 Å². The molecule has 0 radical (unpaired) electrons. The van der Waals surface area contributed by atoms with Crippen LogP contribution >= 0.6 is 0 Å². The van der Waals surface area contributed by atoms with Gasteiger partial charge in [-0.3, -0.25) is 14.6 Å². The molecule has 0 aromatic rings. The van der Waals surface area contributed by atoms with Crippen LogP contribution in [-0.4, -0.2) is 59.1 Å². The number of carbonyl (C=O) groups is 1. The zero-order valence-electron chi connectivity index (χ0n) is 11.1. The third-order valence-electron chi connectivity index (χ3n) is 4.61. The smallest absolute Gasteiger partial charge is 0.308 e. The Bertz CT molecular complexity index is 304. The zero-order chi connectivity index (χ0) is 12.6. The lowest BCUT2D eigenvalue weighted by atomic mass is 9.95. The summed E-state index contributed by atoms with van der Waals surface area (Å²) in [6.45, 7) is 7.51. The normalized spacial score (nSPS) is 35.0. The van der Waals surface area contributed by atoms with Crippen molar-refractivity contribution in [1.82, 2.24) is 9.80 Å². The second kappa shape index (κ2) is 4.58. The molecule has 1 aliphatic carbocycles. The number of rotatable bonds is 2. The van der Waals surface area contributed by atoms with Crippen molar-refractivity contribution in [3.63, 3.8) is 0 Å². The molecule has 2 fully saturated rings. The first-order valence-corrected chi connectivity index (χ1v) is 6.60. The topological polar surface area (TPSA) is 43.8 Å². The van der Waals surface area contributed by atoms with Crippen LogP contribution in [0, 0.1) is 5.92 Å². The molecule has 1 saturated heterocycles. The summed E-state index contributed by atoms with van der Waals surface area (Å²) >= 11 is 0. The van der Waals surface area contributed by atoms with Gasteiger partial charge in [-0.1, -0.05) is 6.42 Å². The van der Waals surface area contributed by atoms with Gasteiger partial charge in [-0.05, 0) is 33.7 Å². The minimum absolute atomic E-state index is 0.144. The Balaban J connectivity index is 2.05. The van der Waals surface area contributed by atoms with Gasteiger partial charge in [0.05, 0.1) is 5.92 Å². The number of hydrogen-bond donors (Lipinski definition) is 1. The van der Waals surface area contributed by atoms with Crippen molar-refractivity contribution in [2.75, 3.05) is 26.7 Å². The van der Waals surface area contributed by atoms with Gasteiger partial charge in [0.2, 0.25) is 0 Å². The van der Waals surface area contributed by atoms with E-state index in [1.165, 1.54) is 0 Å². The van der Waals surface area contributed by atoms with Gasteiger partial charge in [0.25, 0.3) is 0 Å². The summed E-state index contributed by atoms with van der Waals surface area (Å²) in [6, 6.07) is 0.264. The predicted molar refractivity (Wildman–Crippen MR) is 67.0 cm³/mol. The zero-order valence-corrected chi connectivity index (χ0v) is 11.1. The summed E-state index contributed by atoms with van der Waals surface area (Å²) in [4.78, 5) is 16.0. The Morgan fingerprint density at radius 3 is 2.59 bits per heavy atom. The number of carboxylic acids is 1. The van der Waals surface area contributed by atoms with Crippen molar-refractivity contribution in [2.24, 2.45) is 5.92 Å². The second-order valence-electron chi connectivity index (χ2n) is 6.15. The number of likely N-dealkylation sites (N-methyl/N-ethyl adjacent to an activating group) is 1. The highest BCUT2D eigenvalue weighted by molar-refractivity contribution is 5.71. The van der Waals surface area contributed by atoms with E-state index < -0.39 is 5.97 Å². The van der Waals surface area contributed by atoms with Crippen molar-refractivity contribution in [2.45, 2.75) is 44.7 Å². The van der Waals surface area contributed by atoms with Gasteiger partial charge in [-0.25, -0.2) is 0 Å². The summed E-state index contributed by atoms with van der Waals surface area (Å²) in [7, 11) is 2.15. The molecule has 1 saturated carbocycles. The molecule has 1 N–H and O–H groups in total. The highest BCUT2D eigenvalue weighted by Gasteiger charge is 2.41. The van der Waals surface area contributed by atoms with Crippen LogP contribution in [-0.2, 0) is 4.79 Å². The lowest BCUT2D eigenvalue weighted by molar-refractivity contribution is -0.144. The van der Waals surface area contributed by atoms with Crippen LogP contribution in [0.1, 0.15) is 33.1 Å². The van der Waals surface area contributed by atoms with E-state index in [9.17, 15) is 9.90 Å². The molecule has 2 rings (SSSR count). The van der Waals surface area contributed by atoms with Crippen molar-refractivity contribution < 1.29 is 9.90 Å². The molecule has 0 spiro atoms. The van der Waals surface area contributed by atoms with Crippen LogP contribution < -0.4 is 0 Å². The molecule has 4 nitrogen and oxygen atoms in total. The summed E-state index contributed by atoms with van der Waals surface area (Å²) in [5.74, 6) is -0.751. The van der Waals surface area contributed by atoms with E-state index in [0.29, 0.717) is 0 Å². The van der Waals surface area contributed by atoms with Gasteiger partial charge in [0.15, 0.2) is 0 Å². The summed E-state index contributed by atoms with van der Waals surface area (Å²) in [6.07, 6.45) is 2.97.